The van der Waals surface area contributed by atoms with Gasteiger partial charge < -0.3 is 0 Å². The molecule has 2 heteroatoms. The summed E-state index contributed by atoms with van der Waals surface area (Å²) in [5.41, 5.74) is -0.425. The van der Waals surface area contributed by atoms with Gasteiger partial charge in [-0.25, -0.2) is 0 Å². The minimum atomic E-state index is -0.351. The summed E-state index contributed by atoms with van der Waals surface area (Å²) in [6.45, 7) is 6.30. The van der Waals surface area contributed by atoms with Gasteiger partial charge in [0.1, 0.15) is 5.78 Å². The number of ketones is 1. The second kappa shape index (κ2) is 3.58. The summed E-state index contributed by atoms with van der Waals surface area (Å²) in [6, 6.07) is 2.51. The predicted octanol–water partition coefficient (Wildman–Crippen LogP) is 3.32. The van der Waals surface area contributed by atoms with Crippen molar-refractivity contribution in [3.63, 3.8) is 0 Å². The molecule has 2 aliphatic carbocycles. The van der Waals surface area contributed by atoms with E-state index >= 15 is 0 Å². The Labute approximate surface area is 98.0 Å². The van der Waals surface area contributed by atoms with E-state index in [2.05, 4.69) is 26.8 Å². The third-order valence-electron chi connectivity index (χ3n) is 4.34. The molecule has 0 heterocycles. The Kier molecular flexibility index (Phi) is 2.61. The van der Waals surface area contributed by atoms with E-state index in [9.17, 15) is 10.1 Å². The molecule has 0 aromatic carbocycles. The van der Waals surface area contributed by atoms with Crippen LogP contribution in [0.2, 0.25) is 0 Å². The average molecular weight is 219 g/mol. The number of carbonyl (C=O) groups is 1. The maximum absolute atomic E-state index is 12.3. The van der Waals surface area contributed by atoms with Gasteiger partial charge in [0.15, 0.2) is 0 Å². The van der Waals surface area contributed by atoms with Crippen molar-refractivity contribution in [2.75, 3.05) is 0 Å². The first kappa shape index (κ1) is 11.6. The summed E-state index contributed by atoms with van der Waals surface area (Å²) in [5.74, 6) is 0.769. The largest absolute Gasteiger partial charge is 0.299 e. The first-order valence-corrected chi connectivity index (χ1v) is 6.33. The smallest absolute Gasteiger partial charge is 0.138 e. The van der Waals surface area contributed by atoms with Crippen LogP contribution in [0.25, 0.3) is 0 Å². The lowest BCUT2D eigenvalue weighted by atomic mass is 9.51. The van der Waals surface area contributed by atoms with Gasteiger partial charge in [-0.1, -0.05) is 27.2 Å². The molecule has 3 atom stereocenters. The van der Waals surface area contributed by atoms with Gasteiger partial charge in [0.05, 0.1) is 11.5 Å². The standard InChI is InChI=1S/C14H21NO/c1-13(2,3)12-11(16)7-10-5-4-6-14(12,8-10)9-15/h10,12H,4-8H2,1-3H3. The van der Waals surface area contributed by atoms with Gasteiger partial charge in [0, 0.05) is 12.3 Å². The number of hydrogen-bond donors (Lipinski definition) is 0. The number of Topliss-reactive ketones (excluding diaryl/α,β-unsaturated/α-hetero) is 1. The van der Waals surface area contributed by atoms with Gasteiger partial charge >= 0.3 is 0 Å². The van der Waals surface area contributed by atoms with Crippen molar-refractivity contribution in [3.8, 4) is 6.07 Å². The third kappa shape index (κ3) is 1.67. The van der Waals surface area contributed by atoms with Crippen LogP contribution < -0.4 is 0 Å². The number of hydrogen-bond acceptors (Lipinski definition) is 2. The molecule has 3 unspecified atom stereocenters. The first-order chi connectivity index (χ1) is 7.39. The van der Waals surface area contributed by atoms with Gasteiger partial charge in [-0.15, -0.1) is 0 Å². The number of nitriles is 1. The van der Waals surface area contributed by atoms with Gasteiger partial charge in [0.25, 0.3) is 0 Å². The van der Waals surface area contributed by atoms with Crippen molar-refractivity contribution in [1.82, 2.24) is 0 Å². The van der Waals surface area contributed by atoms with Crippen molar-refractivity contribution in [2.45, 2.75) is 52.9 Å². The van der Waals surface area contributed by atoms with Gasteiger partial charge in [-0.05, 0) is 30.6 Å². The van der Waals surface area contributed by atoms with Crippen LogP contribution in [0.4, 0.5) is 0 Å². The molecular weight excluding hydrogens is 198 g/mol. The van der Waals surface area contributed by atoms with E-state index in [4.69, 9.17) is 0 Å². The van der Waals surface area contributed by atoms with E-state index in [1.165, 1.54) is 0 Å². The Bertz CT molecular complexity index is 347. The van der Waals surface area contributed by atoms with E-state index < -0.39 is 0 Å². The molecule has 2 saturated carbocycles. The lowest BCUT2D eigenvalue weighted by Gasteiger charge is -2.50. The van der Waals surface area contributed by atoms with Gasteiger partial charge in [0.2, 0.25) is 0 Å². The summed E-state index contributed by atoms with van der Waals surface area (Å²) in [7, 11) is 0. The van der Waals surface area contributed by atoms with Crippen LogP contribution in [0.15, 0.2) is 0 Å². The van der Waals surface area contributed by atoms with E-state index in [1.807, 2.05) is 0 Å². The highest BCUT2D eigenvalue weighted by Crippen LogP contribution is 2.55. The Morgan fingerprint density at radius 1 is 1.44 bits per heavy atom. The molecule has 2 rings (SSSR count). The van der Waals surface area contributed by atoms with Crippen LogP contribution >= 0.6 is 0 Å². The Balaban J connectivity index is 2.41. The number of carbonyl (C=O) groups excluding carboxylic acids is 1. The third-order valence-corrected chi connectivity index (χ3v) is 4.34. The van der Waals surface area contributed by atoms with Gasteiger partial charge in [-0.2, -0.15) is 5.26 Å². The maximum atomic E-state index is 12.3. The summed E-state index contributed by atoms with van der Waals surface area (Å²) in [4.78, 5) is 12.3. The molecule has 0 saturated heterocycles. The first-order valence-electron chi connectivity index (χ1n) is 6.33. The lowest BCUT2D eigenvalue weighted by molar-refractivity contribution is -0.139. The molecule has 2 bridgehead atoms. The fraction of sp³-hybridized carbons (Fsp3) is 0.857. The average Bonchev–Trinajstić information content (AvgIpc) is 2.14. The molecule has 0 amide bonds. The molecule has 88 valence electrons. The Morgan fingerprint density at radius 2 is 2.12 bits per heavy atom. The van der Waals surface area contributed by atoms with Gasteiger partial charge in [-0.3, -0.25) is 4.79 Å². The van der Waals surface area contributed by atoms with Crippen molar-refractivity contribution >= 4 is 5.78 Å². The van der Waals surface area contributed by atoms with Crippen molar-refractivity contribution in [1.29, 1.82) is 5.26 Å². The molecule has 0 aromatic rings. The van der Waals surface area contributed by atoms with Crippen LogP contribution in [0.1, 0.15) is 52.9 Å². The molecule has 2 aliphatic rings. The Hall–Kier alpha value is -0.840. The molecule has 0 spiro atoms. The fourth-order valence-electron chi connectivity index (χ4n) is 4.05. The highest BCUT2D eigenvalue weighted by molar-refractivity contribution is 5.84. The van der Waals surface area contributed by atoms with Crippen molar-refractivity contribution < 1.29 is 4.79 Å². The summed E-state index contributed by atoms with van der Waals surface area (Å²) >= 11 is 0. The number of nitrogens with zero attached hydrogens (tertiary/aromatic N) is 1. The zero-order valence-corrected chi connectivity index (χ0v) is 10.5. The van der Waals surface area contributed by atoms with Crippen molar-refractivity contribution in [2.24, 2.45) is 22.7 Å². The lowest BCUT2D eigenvalue weighted by Crippen LogP contribution is -2.50. The van der Waals surface area contributed by atoms with Crippen molar-refractivity contribution in [3.05, 3.63) is 0 Å². The quantitative estimate of drug-likeness (QED) is 0.627. The van der Waals surface area contributed by atoms with E-state index in [-0.39, 0.29) is 16.7 Å². The van der Waals surface area contributed by atoms with Crippen LogP contribution in [0.5, 0.6) is 0 Å². The molecule has 2 nitrogen and oxygen atoms in total. The molecule has 0 N–H and O–H groups in total. The molecule has 2 fully saturated rings. The van der Waals surface area contributed by atoms with Crippen LogP contribution in [-0.4, -0.2) is 5.78 Å². The van der Waals surface area contributed by atoms with E-state index in [0.29, 0.717) is 18.1 Å². The summed E-state index contributed by atoms with van der Waals surface area (Å²) < 4.78 is 0. The van der Waals surface area contributed by atoms with E-state index in [1.54, 1.807) is 0 Å². The molecule has 0 radical (unpaired) electrons. The SMILES string of the molecule is CC(C)(C)C1C(=O)CC2CCCC1(C#N)C2. The zero-order chi connectivity index (χ0) is 12.0. The van der Waals surface area contributed by atoms with Crippen LogP contribution in [0, 0.1) is 34.0 Å². The molecule has 0 aliphatic heterocycles. The molecule has 16 heavy (non-hydrogen) atoms. The second-order valence-electron chi connectivity index (χ2n) is 6.70. The monoisotopic (exact) mass is 219 g/mol. The highest BCUT2D eigenvalue weighted by Gasteiger charge is 2.54. The van der Waals surface area contributed by atoms with Crippen LogP contribution in [0.3, 0.4) is 0 Å². The van der Waals surface area contributed by atoms with Crippen LogP contribution in [-0.2, 0) is 4.79 Å². The maximum Gasteiger partial charge on any atom is 0.138 e. The molecule has 0 aromatic heterocycles. The second-order valence-corrected chi connectivity index (χ2v) is 6.70. The zero-order valence-electron chi connectivity index (χ0n) is 10.5. The minimum Gasteiger partial charge on any atom is -0.299 e. The number of rotatable bonds is 0. The van der Waals surface area contributed by atoms with E-state index in [0.717, 1.165) is 25.7 Å². The molecular formula is C14H21NO. The Morgan fingerprint density at radius 3 is 2.69 bits per heavy atom. The summed E-state index contributed by atoms with van der Waals surface area (Å²) in [6.07, 6.45) is 4.86. The summed E-state index contributed by atoms with van der Waals surface area (Å²) in [5, 5.41) is 9.54. The number of fused-ring (bicyclic) bond motifs is 2. The fourth-order valence-corrected chi connectivity index (χ4v) is 4.05. The predicted molar refractivity (Wildman–Crippen MR) is 62.6 cm³/mol. The normalized spacial score (nSPS) is 39.2. The minimum absolute atomic E-state index is 0.0541. The topological polar surface area (TPSA) is 40.9 Å². The highest BCUT2D eigenvalue weighted by atomic mass is 16.1.